The van der Waals surface area contributed by atoms with Crippen LogP contribution in [-0.4, -0.2) is 50.1 Å². The minimum Gasteiger partial charge on any atom is -0.309 e. The molecule has 0 radical (unpaired) electrons. The van der Waals surface area contributed by atoms with Crippen LogP contribution < -0.4 is 0 Å². The van der Waals surface area contributed by atoms with Gasteiger partial charge in [0.1, 0.15) is 0 Å². The van der Waals surface area contributed by atoms with Crippen molar-refractivity contribution >= 4 is 0 Å². The SMILES string of the molecule is CN(C)CCCN1CCC(C)(C#N)CC1. The van der Waals surface area contributed by atoms with Crippen LogP contribution in [-0.2, 0) is 0 Å². The van der Waals surface area contributed by atoms with Gasteiger partial charge in [-0.05, 0) is 66.5 Å². The molecule has 1 aliphatic heterocycles. The third-order valence-corrected chi connectivity index (χ3v) is 3.31. The molecule has 0 saturated carbocycles. The molecule has 0 spiro atoms. The quantitative estimate of drug-likeness (QED) is 0.704. The van der Waals surface area contributed by atoms with Gasteiger partial charge in [-0.25, -0.2) is 0 Å². The smallest absolute Gasteiger partial charge is 0.0687 e. The maximum absolute atomic E-state index is 9.01. The Labute approximate surface area is 93.7 Å². The van der Waals surface area contributed by atoms with E-state index in [0.29, 0.717) is 0 Å². The van der Waals surface area contributed by atoms with E-state index < -0.39 is 0 Å². The number of nitriles is 1. The molecule has 1 aliphatic rings. The second-order valence-electron chi connectivity index (χ2n) is 5.17. The Morgan fingerprint density at radius 3 is 2.40 bits per heavy atom. The predicted octanol–water partition coefficient (Wildman–Crippen LogP) is 1.56. The third-order valence-electron chi connectivity index (χ3n) is 3.31. The first kappa shape index (κ1) is 12.5. The van der Waals surface area contributed by atoms with Crippen LogP contribution in [0.2, 0.25) is 0 Å². The zero-order valence-electron chi connectivity index (χ0n) is 10.3. The topological polar surface area (TPSA) is 30.3 Å². The van der Waals surface area contributed by atoms with Gasteiger partial charge in [0.05, 0.1) is 11.5 Å². The molecule has 3 nitrogen and oxygen atoms in total. The van der Waals surface area contributed by atoms with E-state index in [-0.39, 0.29) is 5.41 Å². The van der Waals surface area contributed by atoms with Crippen molar-refractivity contribution in [3.05, 3.63) is 0 Å². The van der Waals surface area contributed by atoms with Gasteiger partial charge in [0, 0.05) is 0 Å². The van der Waals surface area contributed by atoms with Crippen molar-refractivity contribution in [1.29, 1.82) is 5.26 Å². The van der Waals surface area contributed by atoms with E-state index >= 15 is 0 Å². The average molecular weight is 209 g/mol. The number of hydrogen-bond acceptors (Lipinski definition) is 3. The average Bonchev–Trinajstić information content (AvgIpc) is 2.21. The fraction of sp³-hybridized carbons (Fsp3) is 0.917. The lowest BCUT2D eigenvalue weighted by Crippen LogP contribution is -2.39. The van der Waals surface area contributed by atoms with Crippen molar-refractivity contribution < 1.29 is 0 Å². The molecular formula is C12H23N3. The number of likely N-dealkylation sites (tertiary alicyclic amines) is 1. The van der Waals surface area contributed by atoms with Crippen LogP contribution in [0.25, 0.3) is 0 Å². The summed E-state index contributed by atoms with van der Waals surface area (Å²) in [5.74, 6) is 0. The van der Waals surface area contributed by atoms with Crippen molar-refractivity contribution in [2.75, 3.05) is 40.3 Å². The summed E-state index contributed by atoms with van der Waals surface area (Å²) in [6.45, 7) is 6.62. The third kappa shape index (κ3) is 4.19. The van der Waals surface area contributed by atoms with Gasteiger partial charge >= 0.3 is 0 Å². The van der Waals surface area contributed by atoms with Gasteiger partial charge < -0.3 is 9.80 Å². The van der Waals surface area contributed by atoms with Crippen molar-refractivity contribution in [2.45, 2.75) is 26.2 Å². The maximum atomic E-state index is 9.01. The summed E-state index contributed by atoms with van der Waals surface area (Å²) in [5.41, 5.74) is -0.0575. The van der Waals surface area contributed by atoms with Gasteiger partial charge in [-0.15, -0.1) is 0 Å². The molecule has 0 aromatic rings. The molecule has 86 valence electrons. The number of rotatable bonds is 4. The molecule has 0 aromatic carbocycles. The van der Waals surface area contributed by atoms with Crippen molar-refractivity contribution in [1.82, 2.24) is 9.80 Å². The Balaban J connectivity index is 2.18. The van der Waals surface area contributed by atoms with Crippen molar-refractivity contribution in [3.63, 3.8) is 0 Å². The molecular weight excluding hydrogens is 186 g/mol. The summed E-state index contributed by atoms with van der Waals surface area (Å²) in [6.07, 6.45) is 3.30. The van der Waals surface area contributed by atoms with Crippen molar-refractivity contribution in [3.8, 4) is 6.07 Å². The molecule has 1 fully saturated rings. The van der Waals surface area contributed by atoms with Crippen LogP contribution in [0, 0.1) is 16.7 Å². The first-order valence-corrected chi connectivity index (χ1v) is 5.84. The van der Waals surface area contributed by atoms with Crippen LogP contribution in [0.5, 0.6) is 0 Å². The van der Waals surface area contributed by atoms with Gasteiger partial charge in [0.25, 0.3) is 0 Å². The second-order valence-corrected chi connectivity index (χ2v) is 5.17. The molecule has 0 N–H and O–H groups in total. The lowest BCUT2D eigenvalue weighted by atomic mass is 9.82. The molecule has 0 unspecified atom stereocenters. The summed E-state index contributed by atoms with van der Waals surface area (Å²) in [4.78, 5) is 4.71. The van der Waals surface area contributed by atoms with Gasteiger partial charge in [-0.2, -0.15) is 5.26 Å². The molecule has 0 amide bonds. The van der Waals surface area contributed by atoms with Gasteiger partial charge in [-0.1, -0.05) is 0 Å². The molecule has 0 aliphatic carbocycles. The van der Waals surface area contributed by atoms with E-state index in [4.69, 9.17) is 5.26 Å². The van der Waals surface area contributed by atoms with E-state index in [1.165, 1.54) is 13.0 Å². The van der Waals surface area contributed by atoms with Gasteiger partial charge in [-0.3, -0.25) is 0 Å². The summed E-state index contributed by atoms with van der Waals surface area (Å²) in [6, 6.07) is 2.44. The van der Waals surface area contributed by atoms with E-state index in [9.17, 15) is 0 Å². The highest BCUT2D eigenvalue weighted by Crippen LogP contribution is 2.29. The van der Waals surface area contributed by atoms with Crippen LogP contribution in [0.15, 0.2) is 0 Å². The standard InChI is InChI=1S/C12H23N3/c1-12(11-13)5-9-15(10-6-12)8-4-7-14(2)3/h4-10H2,1-3H3. The van der Waals surface area contributed by atoms with Crippen LogP contribution in [0.1, 0.15) is 26.2 Å². The Morgan fingerprint density at radius 1 is 1.33 bits per heavy atom. The lowest BCUT2D eigenvalue weighted by molar-refractivity contribution is 0.152. The van der Waals surface area contributed by atoms with Crippen LogP contribution >= 0.6 is 0 Å². The fourth-order valence-electron chi connectivity index (χ4n) is 1.99. The fourth-order valence-corrected chi connectivity index (χ4v) is 1.99. The Bertz CT molecular complexity index is 222. The molecule has 1 heterocycles. The van der Waals surface area contributed by atoms with Crippen LogP contribution in [0.4, 0.5) is 0 Å². The number of piperidine rings is 1. The molecule has 0 atom stereocenters. The molecule has 1 saturated heterocycles. The Morgan fingerprint density at radius 2 is 1.93 bits per heavy atom. The van der Waals surface area contributed by atoms with E-state index in [0.717, 1.165) is 32.5 Å². The highest BCUT2D eigenvalue weighted by molar-refractivity contribution is 4.98. The minimum atomic E-state index is -0.0575. The normalized spacial score (nSPS) is 21.5. The first-order chi connectivity index (χ1) is 7.06. The van der Waals surface area contributed by atoms with E-state index in [1.54, 1.807) is 0 Å². The largest absolute Gasteiger partial charge is 0.309 e. The van der Waals surface area contributed by atoms with Crippen molar-refractivity contribution in [2.24, 2.45) is 5.41 Å². The molecule has 3 heteroatoms. The number of nitrogens with zero attached hydrogens (tertiary/aromatic N) is 3. The molecule has 0 aromatic heterocycles. The highest BCUT2D eigenvalue weighted by atomic mass is 15.1. The summed E-state index contributed by atoms with van der Waals surface area (Å²) in [7, 11) is 4.23. The summed E-state index contributed by atoms with van der Waals surface area (Å²) < 4.78 is 0. The van der Waals surface area contributed by atoms with E-state index in [1.807, 2.05) is 0 Å². The zero-order chi connectivity index (χ0) is 11.3. The lowest BCUT2D eigenvalue weighted by Gasteiger charge is -2.35. The number of hydrogen-bond donors (Lipinski definition) is 0. The maximum Gasteiger partial charge on any atom is 0.0687 e. The minimum absolute atomic E-state index is 0.0575. The van der Waals surface area contributed by atoms with E-state index in [2.05, 4.69) is 36.9 Å². The summed E-state index contributed by atoms with van der Waals surface area (Å²) >= 11 is 0. The zero-order valence-corrected chi connectivity index (χ0v) is 10.3. The van der Waals surface area contributed by atoms with Crippen LogP contribution in [0.3, 0.4) is 0 Å². The van der Waals surface area contributed by atoms with Gasteiger partial charge in [0.15, 0.2) is 0 Å². The monoisotopic (exact) mass is 209 g/mol. The second kappa shape index (κ2) is 5.48. The first-order valence-electron chi connectivity index (χ1n) is 5.84. The Hall–Kier alpha value is -0.590. The Kier molecular flexibility index (Phi) is 4.56. The summed E-state index contributed by atoms with van der Waals surface area (Å²) in [5, 5.41) is 9.01. The molecule has 1 rings (SSSR count). The predicted molar refractivity (Wildman–Crippen MR) is 62.6 cm³/mol. The molecule has 0 bridgehead atoms. The highest BCUT2D eigenvalue weighted by Gasteiger charge is 2.29. The molecule has 15 heavy (non-hydrogen) atoms. The van der Waals surface area contributed by atoms with Gasteiger partial charge in [0.2, 0.25) is 0 Å².